The molecule has 0 spiro atoms. The molecule has 6 nitrogen and oxygen atoms in total. The smallest absolute Gasteiger partial charge is 0.407 e. The topological polar surface area (TPSA) is 93.4 Å². The van der Waals surface area contributed by atoms with Gasteiger partial charge in [-0.1, -0.05) is 6.58 Å². The van der Waals surface area contributed by atoms with Crippen LogP contribution in [-0.4, -0.2) is 29.7 Å². The zero-order valence-corrected chi connectivity index (χ0v) is 12.7. The molecule has 114 valence electrons. The molecule has 1 aliphatic carbocycles. The summed E-state index contributed by atoms with van der Waals surface area (Å²) in [4.78, 5) is 23.2. The highest BCUT2D eigenvalue weighted by Gasteiger charge is 2.47. The van der Waals surface area contributed by atoms with E-state index in [0.717, 1.165) is 12.8 Å². The molecule has 0 aromatic heterocycles. The molecule has 0 aliphatic heterocycles. The summed E-state index contributed by atoms with van der Waals surface area (Å²) < 4.78 is 5.18. The van der Waals surface area contributed by atoms with Gasteiger partial charge in [-0.05, 0) is 39.5 Å². The van der Waals surface area contributed by atoms with E-state index in [0.29, 0.717) is 5.70 Å². The summed E-state index contributed by atoms with van der Waals surface area (Å²) in [5, 5.41) is 5.51. The first-order valence-corrected chi connectivity index (χ1v) is 6.77. The maximum atomic E-state index is 11.7. The first kappa shape index (κ1) is 16.3. The molecule has 1 saturated carbocycles. The monoisotopic (exact) mass is 283 g/mol. The maximum absolute atomic E-state index is 11.7. The third-order valence-electron chi connectivity index (χ3n) is 3.16. The Kier molecular flexibility index (Phi) is 4.68. The maximum Gasteiger partial charge on any atom is 0.407 e. The molecule has 0 saturated heterocycles. The normalized spacial score (nSPS) is 17.8. The number of nitrogens with two attached hydrogens (primary N) is 1. The number of hydrogen-bond acceptors (Lipinski definition) is 4. The lowest BCUT2D eigenvalue weighted by atomic mass is 9.89. The minimum absolute atomic E-state index is 0.182. The predicted octanol–water partition coefficient (Wildman–Crippen LogP) is 1.27. The number of hydrogen-bond donors (Lipinski definition) is 3. The number of alkyl carbamates (subject to hydrolysis) is 1. The fraction of sp³-hybridized carbons (Fsp3) is 0.714. The van der Waals surface area contributed by atoms with Gasteiger partial charge in [-0.3, -0.25) is 4.79 Å². The first-order chi connectivity index (χ1) is 9.07. The molecule has 0 aromatic rings. The zero-order chi connectivity index (χ0) is 15.6. The van der Waals surface area contributed by atoms with Crippen LogP contribution in [0.15, 0.2) is 12.3 Å². The van der Waals surface area contributed by atoms with Gasteiger partial charge in [-0.2, -0.15) is 0 Å². The van der Waals surface area contributed by atoms with Gasteiger partial charge in [0.25, 0.3) is 0 Å². The van der Waals surface area contributed by atoms with Crippen LogP contribution in [0.3, 0.4) is 0 Å². The Bertz CT molecular complexity index is 410. The van der Waals surface area contributed by atoms with Crippen molar-refractivity contribution in [3.63, 3.8) is 0 Å². The van der Waals surface area contributed by atoms with Crippen molar-refractivity contribution in [3.8, 4) is 0 Å². The molecule has 6 heteroatoms. The number of ether oxygens (including phenoxy) is 1. The summed E-state index contributed by atoms with van der Waals surface area (Å²) >= 11 is 0. The summed E-state index contributed by atoms with van der Waals surface area (Å²) in [5.74, 6) is 0.00771. The van der Waals surface area contributed by atoms with Gasteiger partial charge in [0.1, 0.15) is 5.60 Å². The van der Waals surface area contributed by atoms with Crippen LogP contribution in [0, 0.1) is 5.92 Å². The molecule has 1 rings (SSSR count). The van der Waals surface area contributed by atoms with Crippen molar-refractivity contribution >= 4 is 12.0 Å². The van der Waals surface area contributed by atoms with E-state index in [1.165, 1.54) is 6.92 Å². The van der Waals surface area contributed by atoms with Gasteiger partial charge in [0.05, 0.1) is 5.54 Å². The number of rotatable bonds is 5. The van der Waals surface area contributed by atoms with Gasteiger partial charge in [-0.25, -0.2) is 4.79 Å². The van der Waals surface area contributed by atoms with Gasteiger partial charge in [0.2, 0.25) is 5.91 Å². The molecule has 20 heavy (non-hydrogen) atoms. The third kappa shape index (κ3) is 4.43. The lowest BCUT2D eigenvalue weighted by Gasteiger charge is -2.35. The molecule has 1 aliphatic rings. The second-order valence-electron chi connectivity index (χ2n) is 6.31. The second kappa shape index (κ2) is 5.73. The van der Waals surface area contributed by atoms with Crippen molar-refractivity contribution in [2.24, 2.45) is 11.7 Å². The van der Waals surface area contributed by atoms with E-state index in [2.05, 4.69) is 17.2 Å². The zero-order valence-electron chi connectivity index (χ0n) is 12.7. The van der Waals surface area contributed by atoms with Crippen molar-refractivity contribution in [1.82, 2.24) is 10.6 Å². The Morgan fingerprint density at radius 2 is 1.90 bits per heavy atom. The van der Waals surface area contributed by atoms with Crippen molar-refractivity contribution in [2.75, 3.05) is 6.54 Å². The van der Waals surface area contributed by atoms with E-state index in [9.17, 15) is 9.59 Å². The van der Waals surface area contributed by atoms with Crippen molar-refractivity contribution < 1.29 is 14.3 Å². The number of amides is 2. The van der Waals surface area contributed by atoms with E-state index in [1.807, 2.05) is 0 Å². The van der Waals surface area contributed by atoms with Crippen molar-refractivity contribution in [1.29, 1.82) is 0 Å². The Balaban J connectivity index is 2.73. The van der Waals surface area contributed by atoms with Crippen LogP contribution in [0.2, 0.25) is 0 Å². The van der Waals surface area contributed by atoms with Crippen LogP contribution in [0.1, 0.15) is 40.5 Å². The number of carbonyl (C=O) groups is 2. The van der Waals surface area contributed by atoms with E-state index in [-0.39, 0.29) is 18.4 Å². The summed E-state index contributed by atoms with van der Waals surface area (Å²) in [6.45, 7) is 10.7. The van der Waals surface area contributed by atoms with Crippen molar-refractivity contribution in [3.05, 3.63) is 12.3 Å². The molecule has 0 bridgehead atoms. The molecule has 4 N–H and O–H groups in total. The van der Waals surface area contributed by atoms with Gasteiger partial charge < -0.3 is 21.1 Å². The van der Waals surface area contributed by atoms with E-state index in [1.54, 1.807) is 20.8 Å². The Labute approximate surface area is 120 Å². The largest absolute Gasteiger partial charge is 0.444 e. The molecule has 0 radical (unpaired) electrons. The summed E-state index contributed by atoms with van der Waals surface area (Å²) in [6, 6.07) is 0. The molecule has 1 atom stereocenters. The van der Waals surface area contributed by atoms with Crippen LogP contribution >= 0.6 is 0 Å². The molecule has 0 heterocycles. The van der Waals surface area contributed by atoms with Crippen LogP contribution < -0.4 is 16.4 Å². The minimum atomic E-state index is -0.789. The average Bonchev–Trinajstić information content (AvgIpc) is 3.04. The molecule has 2 amide bonds. The molecular weight excluding hydrogens is 258 g/mol. The minimum Gasteiger partial charge on any atom is -0.444 e. The number of nitrogens with one attached hydrogen (secondary N) is 2. The van der Waals surface area contributed by atoms with Gasteiger partial charge >= 0.3 is 6.09 Å². The van der Waals surface area contributed by atoms with Crippen LogP contribution in [-0.2, 0) is 9.53 Å². The fourth-order valence-corrected chi connectivity index (χ4v) is 2.16. The highest BCUT2D eigenvalue weighted by atomic mass is 16.6. The lowest BCUT2D eigenvalue weighted by Crippen LogP contribution is -2.59. The molecule has 0 aromatic carbocycles. The van der Waals surface area contributed by atoms with Gasteiger partial charge in [-0.15, -0.1) is 0 Å². The molecule has 1 unspecified atom stereocenters. The summed E-state index contributed by atoms with van der Waals surface area (Å²) in [7, 11) is 0. The Morgan fingerprint density at radius 1 is 1.35 bits per heavy atom. The SMILES string of the molecule is C=C(N)C(CNC(=O)OC(C)(C)C)(NC(C)=O)C1CC1. The van der Waals surface area contributed by atoms with Gasteiger partial charge in [0, 0.05) is 19.2 Å². The standard InChI is InChI=1S/C14H25N3O3/c1-9(15)14(11-6-7-11,17-10(2)18)8-16-12(19)20-13(3,4)5/h11H,1,6-8,15H2,2-5H3,(H,16,19)(H,17,18). The lowest BCUT2D eigenvalue weighted by molar-refractivity contribution is -0.120. The van der Waals surface area contributed by atoms with E-state index < -0.39 is 17.2 Å². The van der Waals surface area contributed by atoms with Crippen LogP contribution in [0.25, 0.3) is 0 Å². The highest BCUT2D eigenvalue weighted by Crippen LogP contribution is 2.41. The fourth-order valence-electron chi connectivity index (χ4n) is 2.16. The van der Waals surface area contributed by atoms with Gasteiger partial charge in [0.15, 0.2) is 0 Å². The predicted molar refractivity (Wildman–Crippen MR) is 76.8 cm³/mol. The Hall–Kier alpha value is -1.72. The van der Waals surface area contributed by atoms with E-state index >= 15 is 0 Å². The molecular formula is C14H25N3O3. The quantitative estimate of drug-likeness (QED) is 0.708. The summed E-state index contributed by atoms with van der Waals surface area (Å²) in [6.07, 6.45) is 1.37. The summed E-state index contributed by atoms with van der Waals surface area (Å²) in [5.41, 5.74) is 4.87. The average molecular weight is 283 g/mol. The molecule has 1 fully saturated rings. The first-order valence-electron chi connectivity index (χ1n) is 6.77. The third-order valence-corrected chi connectivity index (χ3v) is 3.16. The van der Waals surface area contributed by atoms with Crippen LogP contribution in [0.5, 0.6) is 0 Å². The highest BCUT2D eigenvalue weighted by molar-refractivity contribution is 5.75. The number of carbonyl (C=O) groups excluding carboxylic acids is 2. The Morgan fingerprint density at radius 3 is 2.25 bits per heavy atom. The van der Waals surface area contributed by atoms with Crippen molar-refractivity contribution in [2.45, 2.75) is 51.7 Å². The van der Waals surface area contributed by atoms with E-state index in [4.69, 9.17) is 10.5 Å². The van der Waals surface area contributed by atoms with Crippen LogP contribution in [0.4, 0.5) is 4.79 Å². The second-order valence-corrected chi connectivity index (χ2v) is 6.31.